The standard InChI is InChI=1S/C34H44Cl2O6/c1-5-9-13-23(7-3)19-39-30(37)21-41-33-26-15-11-12-16-27(26)34(32-28(33)17-25(35)18-29(32)36)42-22-31(38)40-20-24(8-4)14-10-6-2/h11-12,15-18,23-24H,5-10,13-14,19-22H2,1-4H3. The van der Waals surface area contributed by atoms with E-state index in [1.54, 1.807) is 12.1 Å². The number of hydrogen-bond acceptors (Lipinski definition) is 6. The smallest absolute Gasteiger partial charge is 0.344 e. The van der Waals surface area contributed by atoms with Crippen molar-refractivity contribution in [2.75, 3.05) is 26.4 Å². The fourth-order valence-electron chi connectivity index (χ4n) is 5.01. The number of esters is 2. The highest BCUT2D eigenvalue weighted by atomic mass is 35.5. The zero-order chi connectivity index (χ0) is 30.5. The maximum absolute atomic E-state index is 12.7. The largest absolute Gasteiger partial charge is 0.481 e. The van der Waals surface area contributed by atoms with E-state index < -0.39 is 11.9 Å². The molecule has 0 fully saturated rings. The van der Waals surface area contributed by atoms with Gasteiger partial charge in [0, 0.05) is 26.6 Å². The van der Waals surface area contributed by atoms with Crippen molar-refractivity contribution in [1.82, 2.24) is 0 Å². The van der Waals surface area contributed by atoms with Gasteiger partial charge < -0.3 is 18.9 Å². The van der Waals surface area contributed by atoms with Gasteiger partial charge in [-0.2, -0.15) is 0 Å². The van der Waals surface area contributed by atoms with Crippen LogP contribution in [0.1, 0.15) is 79.1 Å². The molecule has 0 bridgehead atoms. The van der Waals surface area contributed by atoms with Gasteiger partial charge in [-0.25, -0.2) is 9.59 Å². The van der Waals surface area contributed by atoms with Crippen LogP contribution in [0.15, 0.2) is 36.4 Å². The Morgan fingerprint density at radius 2 is 1.21 bits per heavy atom. The molecule has 8 heteroatoms. The Hall–Kier alpha value is -2.70. The van der Waals surface area contributed by atoms with Gasteiger partial charge in [-0.05, 0) is 36.8 Å². The molecule has 0 aromatic heterocycles. The van der Waals surface area contributed by atoms with Gasteiger partial charge in [-0.3, -0.25) is 0 Å². The summed E-state index contributed by atoms with van der Waals surface area (Å²) in [6.07, 6.45) is 8.39. The predicted octanol–water partition coefficient (Wildman–Crippen LogP) is 9.58. The van der Waals surface area contributed by atoms with Crippen molar-refractivity contribution < 1.29 is 28.5 Å². The first-order valence-electron chi connectivity index (χ1n) is 15.2. The Morgan fingerprint density at radius 3 is 1.71 bits per heavy atom. The fourth-order valence-corrected chi connectivity index (χ4v) is 5.59. The second-order valence-corrected chi connectivity index (χ2v) is 11.6. The molecule has 2 unspecified atom stereocenters. The minimum absolute atomic E-state index is 0.267. The molecule has 2 atom stereocenters. The second-order valence-electron chi connectivity index (χ2n) is 10.8. The fraction of sp³-hybridized carbons (Fsp3) is 0.529. The zero-order valence-corrected chi connectivity index (χ0v) is 26.8. The molecule has 0 aliphatic carbocycles. The molecule has 0 saturated carbocycles. The number of ether oxygens (including phenoxy) is 4. The van der Waals surface area contributed by atoms with Crippen LogP contribution in [0.2, 0.25) is 10.0 Å². The average Bonchev–Trinajstić information content (AvgIpc) is 2.99. The van der Waals surface area contributed by atoms with E-state index in [4.69, 9.17) is 42.1 Å². The third-order valence-electron chi connectivity index (χ3n) is 7.66. The maximum Gasteiger partial charge on any atom is 0.344 e. The van der Waals surface area contributed by atoms with Crippen molar-refractivity contribution in [3.8, 4) is 11.5 Å². The number of halogens is 2. The van der Waals surface area contributed by atoms with Crippen molar-refractivity contribution in [3.05, 3.63) is 46.4 Å². The van der Waals surface area contributed by atoms with E-state index in [2.05, 4.69) is 27.7 Å². The highest BCUT2D eigenvalue weighted by Gasteiger charge is 2.22. The summed E-state index contributed by atoms with van der Waals surface area (Å²) in [4.78, 5) is 25.4. The van der Waals surface area contributed by atoms with Gasteiger partial charge in [-0.15, -0.1) is 0 Å². The molecule has 0 aliphatic heterocycles. The van der Waals surface area contributed by atoms with Crippen LogP contribution >= 0.6 is 23.2 Å². The van der Waals surface area contributed by atoms with Crippen molar-refractivity contribution >= 4 is 56.7 Å². The SMILES string of the molecule is CCCCC(CC)COC(=O)COc1c2ccccc2c(OCC(=O)OCC(CC)CCCC)c2c(Cl)cc(Cl)cc12. The predicted molar refractivity (Wildman–Crippen MR) is 171 cm³/mol. The molecular weight excluding hydrogens is 575 g/mol. The summed E-state index contributed by atoms with van der Waals surface area (Å²) in [6.45, 7) is 8.72. The molecule has 0 aliphatic rings. The van der Waals surface area contributed by atoms with Crippen molar-refractivity contribution in [2.24, 2.45) is 11.8 Å². The molecule has 3 rings (SSSR count). The van der Waals surface area contributed by atoms with Crippen molar-refractivity contribution in [3.63, 3.8) is 0 Å². The van der Waals surface area contributed by atoms with E-state index in [1.165, 1.54) is 0 Å². The van der Waals surface area contributed by atoms with Crippen molar-refractivity contribution in [1.29, 1.82) is 0 Å². The van der Waals surface area contributed by atoms with E-state index in [-0.39, 0.29) is 13.2 Å². The number of unbranched alkanes of at least 4 members (excludes halogenated alkanes) is 2. The third-order valence-corrected chi connectivity index (χ3v) is 8.17. The molecule has 0 radical (unpaired) electrons. The second kappa shape index (κ2) is 17.4. The Balaban J connectivity index is 1.84. The molecule has 0 heterocycles. The number of hydrogen-bond donors (Lipinski definition) is 0. The lowest BCUT2D eigenvalue weighted by Gasteiger charge is -2.19. The summed E-state index contributed by atoms with van der Waals surface area (Å²) < 4.78 is 23.3. The highest BCUT2D eigenvalue weighted by Crippen LogP contribution is 2.46. The van der Waals surface area contributed by atoms with Crippen LogP contribution in [0.4, 0.5) is 0 Å². The lowest BCUT2D eigenvalue weighted by Crippen LogP contribution is -2.20. The molecule has 42 heavy (non-hydrogen) atoms. The molecule has 0 amide bonds. The maximum atomic E-state index is 12.7. The van der Waals surface area contributed by atoms with E-state index in [1.807, 2.05) is 24.3 Å². The van der Waals surface area contributed by atoms with Crippen LogP contribution in [0.3, 0.4) is 0 Å². The first-order valence-corrected chi connectivity index (χ1v) is 16.0. The topological polar surface area (TPSA) is 71.1 Å². The minimum Gasteiger partial charge on any atom is -0.481 e. The summed E-state index contributed by atoms with van der Waals surface area (Å²) in [5, 5.41) is 3.23. The van der Waals surface area contributed by atoms with Crippen LogP contribution in [0.25, 0.3) is 21.5 Å². The lowest BCUT2D eigenvalue weighted by molar-refractivity contribution is -0.148. The van der Waals surface area contributed by atoms with Crippen molar-refractivity contribution in [2.45, 2.75) is 79.1 Å². The number of benzene rings is 3. The molecule has 0 spiro atoms. The lowest BCUT2D eigenvalue weighted by atomic mass is 10.0. The molecule has 6 nitrogen and oxygen atoms in total. The first-order chi connectivity index (χ1) is 20.3. The van der Waals surface area contributed by atoms with E-state index in [0.29, 0.717) is 68.1 Å². The van der Waals surface area contributed by atoms with E-state index in [9.17, 15) is 9.59 Å². The van der Waals surface area contributed by atoms with Gasteiger partial charge in [0.1, 0.15) is 11.5 Å². The molecular formula is C34H44Cl2O6. The third kappa shape index (κ3) is 9.40. The monoisotopic (exact) mass is 618 g/mol. The Kier molecular flexibility index (Phi) is 14.0. The van der Waals surface area contributed by atoms with Gasteiger partial charge in [0.25, 0.3) is 0 Å². The van der Waals surface area contributed by atoms with Crippen LogP contribution in [0, 0.1) is 11.8 Å². The minimum atomic E-state index is -0.445. The summed E-state index contributed by atoms with van der Waals surface area (Å²) >= 11 is 13.1. The van der Waals surface area contributed by atoms with Gasteiger partial charge in [0.2, 0.25) is 0 Å². The quantitative estimate of drug-likeness (QED) is 0.104. The van der Waals surface area contributed by atoms with Gasteiger partial charge in [-0.1, -0.05) is 114 Å². The summed E-state index contributed by atoms with van der Waals surface area (Å²) in [5.41, 5.74) is 0. The highest BCUT2D eigenvalue weighted by molar-refractivity contribution is 6.40. The van der Waals surface area contributed by atoms with Gasteiger partial charge >= 0.3 is 11.9 Å². The Labute approximate surface area is 259 Å². The number of carbonyl (C=O) groups is 2. The molecule has 0 saturated heterocycles. The molecule has 3 aromatic carbocycles. The van der Waals surface area contributed by atoms with E-state index >= 15 is 0 Å². The summed E-state index contributed by atoms with van der Waals surface area (Å²) in [5.74, 6) is 0.646. The Morgan fingerprint density at radius 1 is 0.714 bits per heavy atom. The van der Waals surface area contributed by atoms with E-state index in [0.717, 1.165) is 51.4 Å². The molecule has 0 N–H and O–H groups in total. The van der Waals surface area contributed by atoms with Gasteiger partial charge in [0.15, 0.2) is 13.2 Å². The van der Waals surface area contributed by atoms with Crippen LogP contribution in [0.5, 0.6) is 11.5 Å². The molecule has 3 aromatic rings. The van der Waals surface area contributed by atoms with Crippen LogP contribution < -0.4 is 9.47 Å². The van der Waals surface area contributed by atoms with Gasteiger partial charge in [0.05, 0.1) is 18.2 Å². The normalized spacial score (nSPS) is 12.7. The summed E-state index contributed by atoms with van der Waals surface area (Å²) in [6, 6.07) is 10.8. The van der Waals surface area contributed by atoms with Crippen LogP contribution in [-0.2, 0) is 19.1 Å². The zero-order valence-electron chi connectivity index (χ0n) is 25.3. The average molecular weight is 620 g/mol. The van der Waals surface area contributed by atoms with Crippen LogP contribution in [-0.4, -0.2) is 38.4 Å². The summed E-state index contributed by atoms with van der Waals surface area (Å²) in [7, 11) is 0. The Bertz CT molecular complexity index is 1320. The number of carbonyl (C=O) groups excluding carboxylic acids is 2. The number of fused-ring (bicyclic) bond motifs is 2. The number of rotatable bonds is 18. The first kappa shape index (κ1) is 33.8. The molecule has 230 valence electrons.